The van der Waals surface area contributed by atoms with Crippen LogP contribution in [0.5, 0.6) is 0 Å². The number of ketones is 1. The van der Waals surface area contributed by atoms with Crippen LogP contribution in [0.1, 0.15) is 87.0 Å². The summed E-state index contributed by atoms with van der Waals surface area (Å²) in [6.45, 7) is 11.1. The van der Waals surface area contributed by atoms with Crippen LogP contribution in [0.2, 0.25) is 0 Å². The maximum Gasteiger partial charge on any atom is 0.398 e. The molecule has 3 heterocycles. The minimum absolute atomic E-state index is 0.0153. The molecule has 2 saturated heterocycles. The second-order valence-electron chi connectivity index (χ2n) is 15.6. The van der Waals surface area contributed by atoms with Crippen molar-refractivity contribution in [1.82, 2.24) is 25.9 Å². The standard InChI is InChI=1S/C41H53BN6O7/c1-27(2)22-31-14-16-32(17-15-31)29(5)37(50)45-18-10-11-21-48-26-35(49)41(48,40(53)54-6)55-42(48)36(23-28(3)4)47-38(51)33(24-30-12-8-7-9-13-30)46-39(52)34-25-43-19-20-44-34/h7-9,12-17,19-20,25,27-29,33,36H,10-11,18,21-24,26H2,1-6H3,(H2-,45,46,47,50,51,52)/q-1/p+1/t29?,33-,36-,41?,48?/m0/s1. The van der Waals surface area contributed by atoms with Crippen LogP contribution in [0.3, 0.4) is 0 Å². The SMILES string of the molecule is COC(=O)C12O[B-]([C@H](CC(C)C)NC(=O)[C@H](Cc3ccccc3)NC(=O)c3cnccn3)[N+]1(CCCCNC(=O)C(C)c1ccc(CC(C)C)cc1)CC2=O. The van der Waals surface area contributed by atoms with E-state index in [2.05, 4.69) is 51.9 Å². The third-order valence-corrected chi connectivity index (χ3v) is 10.6. The molecule has 13 nitrogen and oxygen atoms in total. The number of benzene rings is 2. The number of Topliss-reactive ketones (excluding diaryl/α,β-unsaturated/α-hetero) is 1. The van der Waals surface area contributed by atoms with Gasteiger partial charge in [0, 0.05) is 31.9 Å². The van der Waals surface area contributed by atoms with Gasteiger partial charge in [-0.1, -0.05) is 88.7 Å². The van der Waals surface area contributed by atoms with E-state index in [4.69, 9.17) is 9.39 Å². The van der Waals surface area contributed by atoms with Crippen molar-refractivity contribution in [3.63, 3.8) is 0 Å². The summed E-state index contributed by atoms with van der Waals surface area (Å²) in [7, 11) is 0.494. The third-order valence-electron chi connectivity index (χ3n) is 10.6. The number of nitrogens with zero attached hydrogens (tertiary/aromatic N) is 3. The number of hydrogen-bond acceptors (Lipinski definition) is 9. The summed E-state index contributed by atoms with van der Waals surface area (Å²) < 4.78 is 11.4. The molecule has 3 unspecified atom stereocenters. The molecule has 5 rings (SSSR count). The van der Waals surface area contributed by atoms with Gasteiger partial charge in [-0.2, -0.15) is 0 Å². The van der Waals surface area contributed by atoms with Crippen LogP contribution < -0.4 is 16.0 Å². The van der Waals surface area contributed by atoms with Gasteiger partial charge in [-0.3, -0.25) is 24.2 Å². The van der Waals surface area contributed by atoms with Crippen LogP contribution >= 0.6 is 0 Å². The predicted octanol–water partition coefficient (Wildman–Crippen LogP) is 3.57. The lowest BCUT2D eigenvalue weighted by Gasteiger charge is -2.78. The van der Waals surface area contributed by atoms with Gasteiger partial charge in [-0.05, 0) is 60.7 Å². The van der Waals surface area contributed by atoms with Gasteiger partial charge < -0.3 is 29.7 Å². The molecule has 1 radical (unpaired) electrons. The van der Waals surface area contributed by atoms with E-state index in [1.54, 1.807) is 0 Å². The van der Waals surface area contributed by atoms with Crippen molar-refractivity contribution in [3.8, 4) is 0 Å². The van der Waals surface area contributed by atoms with Crippen molar-refractivity contribution in [2.45, 2.75) is 90.3 Å². The first-order valence-corrected chi connectivity index (χ1v) is 19.3. The third kappa shape index (κ3) is 9.13. The number of methoxy groups -OCH3 is 1. The van der Waals surface area contributed by atoms with Gasteiger partial charge in [0.1, 0.15) is 18.3 Å². The molecule has 0 aliphatic carbocycles. The molecule has 55 heavy (non-hydrogen) atoms. The molecule has 0 saturated carbocycles. The highest BCUT2D eigenvalue weighted by molar-refractivity contribution is 6.52. The minimum Gasteiger partial charge on any atom is -0.497 e. The summed E-state index contributed by atoms with van der Waals surface area (Å²) in [6, 6.07) is 16.5. The van der Waals surface area contributed by atoms with E-state index in [-0.39, 0.29) is 46.6 Å². The van der Waals surface area contributed by atoms with Crippen LogP contribution in [0.4, 0.5) is 0 Å². The van der Waals surface area contributed by atoms with Gasteiger partial charge in [0.05, 0.1) is 19.2 Å². The van der Waals surface area contributed by atoms with Crippen molar-refractivity contribution >= 4 is 36.5 Å². The number of carbonyl (C=O) groups excluding carboxylic acids is 5. The second kappa shape index (κ2) is 18.1. The van der Waals surface area contributed by atoms with Crippen molar-refractivity contribution in [3.05, 3.63) is 95.6 Å². The van der Waals surface area contributed by atoms with Gasteiger partial charge >= 0.3 is 13.0 Å². The fourth-order valence-electron chi connectivity index (χ4n) is 7.76. The summed E-state index contributed by atoms with van der Waals surface area (Å²) in [4.78, 5) is 74.9. The van der Waals surface area contributed by atoms with Gasteiger partial charge in [0.25, 0.3) is 17.4 Å². The topological polar surface area (TPSA) is 166 Å². The van der Waals surface area contributed by atoms with Crippen LogP contribution in [-0.2, 0) is 41.4 Å². The van der Waals surface area contributed by atoms with Crippen molar-refractivity contribution < 1.29 is 37.8 Å². The number of fused-ring (bicyclic) bond motifs is 1. The highest BCUT2D eigenvalue weighted by Crippen LogP contribution is 2.51. The number of carbonyl (C=O) groups is 5. The number of aromatic nitrogens is 2. The lowest BCUT2D eigenvalue weighted by molar-refractivity contribution is -0.954. The molecule has 14 heteroatoms. The van der Waals surface area contributed by atoms with Crippen LogP contribution in [0.25, 0.3) is 0 Å². The van der Waals surface area contributed by atoms with E-state index in [1.165, 1.54) is 31.3 Å². The number of nitrogens with one attached hydrogen (secondary N) is 3. The molecule has 5 atom stereocenters. The fourth-order valence-corrected chi connectivity index (χ4v) is 7.76. The molecular formula is C41H54BN6O7. The van der Waals surface area contributed by atoms with E-state index >= 15 is 0 Å². The summed E-state index contributed by atoms with van der Waals surface area (Å²) in [5.41, 5.74) is 1.30. The fraction of sp³-hybridized carbons (Fsp3) is 0.488. The zero-order valence-electron chi connectivity index (χ0n) is 32.7. The van der Waals surface area contributed by atoms with Crippen molar-refractivity contribution in [1.29, 1.82) is 0 Å². The highest BCUT2D eigenvalue weighted by atomic mass is 16.6. The molecule has 3 amide bonds. The molecule has 2 aliphatic rings. The maximum absolute atomic E-state index is 14.2. The van der Waals surface area contributed by atoms with Gasteiger partial charge in [-0.25, -0.2) is 9.78 Å². The van der Waals surface area contributed by atoms with E-state index in [0.29, 0.717) is 38.3 Å². The number of hydrogen-bond donors (Lipinski definition) is 3. The van der Waals surface area contributed by atoms with E-state index in [9.17, 15) is 24.0 Å². The first kappa shape index (κ1) is 41.2. The Labute approximate surface area is 324 Å². The predicted molar refractivity (Wildman–Crippen MR) is 207 cm³/mol. The average Bonchev–Trinajstić information content (AvgIpc) is 3.16. The molecule has 3 N–H and O–H groups in total. The first-order valence-electron chi connectivity index (χ1n) is 19.3. The maximum atomic E-state index is 14.2. The van der Waals surface area contributed by atoms with E-state index < -0.39 is 42.5 Å². The monoisotopic (exact) mass is 753 g/mol. The van der Waals surface area contributed by atoms with Gasteiger partial charge in [-0.15, -0.1) is 0 Å². The molecule has 1 aromatic heterocycles. The Hall–Kier alpha value is -4.95. The number of unbranched alkanes of at least 4 members (excludes halogenated alkanes) is 1. The van der Waals surface area contributed by atoms with E-state index in [0.717, 1.165) is 17.5 Å². The smallest absolute Gasteiger partial charge is 0.398 e. The Kier molecular flexibility index (Phi) is 13.6. The highest BCUT2D eigenvalue weighted by Gasteiger charge is 2.79. The lowest BCUT2D eigenvalue weighted by atomic mass is 9.53. The molecule has 3 aromatic rings. The molecular weight excluding hydrogens is 699 g/mol. The van der Waals surface area contributed by atoms with Crippen molar-refractivity contribution in [2.24, 2.45) is 11.8 Å². The Bertz CT molecular complexity index is 1810. The van der Waals surface area contributed by atoms with Crippen molar-refractivity contribution in [2.75, 3.05) is 26.7 Å². The summed E-state index contributed by atoms with van der Waals surface area (Å²) >= 11 is 0. The molecule has 0 spiro atoms. The lowest BCUT2D eigenvalue weighted by Crippen LogP contribution is -3.00. The summed E-state index contributed by atoms with van der Waals surface area (Å²) in [6.07, 6.45) is 7.02. The number of ether oxygens (including phenoxy) is 1. The Morgan fingerprint density at radius 2 is 1.60 bits per heavy atom. The first-order chi connectivity index (χ1) is 26.3. The van der Waals surface area contributed by atoms with Crippen LogP contribution in [-0.4, -0.2) is 95.3 Å². The summed E-state index contributed by atoms with van der Waals surface area (Å²) in [5.74, 6) is -2.49. The van der Waals surface area contributed by atoms with Crippen LogP contribution in [0, 0.1) is 11.8 Å². The number of quaternary nitrogens is 1. The Balaban J connectivity index is 1.28. The average molecular weight is 754 g/mol. The molecule has 2 aromatic carbocycles. The second-order valence-corrected chi connectivity index (χ2v) is 15.6. The Morgan fingerprint density at radius 3 is 2.22 bits per heavy atom. The molecule has 293 valence electrons. The van der Waals surface area contributed by atoms with Gasteiger partial charge in [0.2, 0.25) is 11.8 Å². The van der Waals surface area contributed by atoms with Gasteiger partial charge in [0.15, 0.2) is 0 Å². The number of rotatable bonds is 19. The largest absolute Gasteiger partial charge is 0.497 e. The molecule has 0 bridgehead atoms. The molecule has 2 aliphatic heterocycles. The normalized spacial score (nSPS) is 20.7. The van der Waals surface area contributed by atoms with Crippen LogP contribution in [0.15, 0.2) is 73.2 Å². The summed E-state index contributed by atoms with van der Waals surface area (Å²) in [5, 5.41) is 9.00. The Morgan fingerprint density at radius 1 is 0.891 bits per heavy atom. The quantitative estimate of drug-likeness (QED) is 0.0719. The minimum atomic E-state index is -1.80. The zero-order chi connectivity index (χ0) is 39.8. The zero-order valence-corrected chi connectivity index (χ0v) is 32.7. The number of amides is 3. The number of esters is 1. The van der Waals surface area contributed by atoms with E-state index in [1.807, 2.05) is 63.2 Å². The molecule has 2 fully saturated rings.